The summed E-state index contributed by atoms with van der Waals surface area (Å²) in [5.41, 5.74) is 3.57. The van der Waals surface area contributed by atoms with Crippen LogP contribution in [0, 0.1) is 0 Å². The molecule has 1 aromatic carbocycles. The molecule has 1 aromatic rings. The number of ether oxygens (including phenoxy) is 1. The minimum absolute atomic E-state index is 0.0455. The zero-order valence-electron chi connectivity index (χ0n) is 9.05. The smallest absolute Gasteiger partial charge is 0.124 e. The summed E-state index contributed by atoms with van der Waals surface area (Å²) in [6, 6.07) is 4.13. The molecule has 1 aliphatic heterocycles. The molecule has 0 atom stereocenters. The van der Waals surface area contributed by atoms with Gasteiger partial charge in [-0.05, 0) is 49.2 Å². The van der Waals surface area contributed by atoms with Gasteiger partial charge in [-0.2, -0.15) is 0 Å². The fourth-order valence-electron chi connectivity index (χ4n) is 2.07. The fourth-order valence-corrected chi connectivity index (χ4v) is 2.07. The summed E-state index contributed by atoms with van der Waals surface area (Å²) >= 11 is 0. The first-order chi connectivity index (χ1) is 7.35. The first-order valence-corrected chi connectivity index (χ1v) is 5.35. The molecule has 0 aliphatic carbocycles. The van der Waals surface area contributed by atoms with Crippen LogP contribution in [-0.4, -0.2) is 25.3 Å². The van der Waals surface area contributed by atoms with Crippen LogP contribution in [0.1, 0.15) is 16.7 Å². The third-order valence-electron chi connectivity index (χ3n) is 2.92. The molecular formula is C12H17NO2. The second-order valence-corrected chi connectivity index (χ2v) is 3.84. The van der Waals surface area contributed by atoms with Gasteiger partial charge in [0.05, 0.1) is 13.7 Å². The van der Waals surface area contributed by atoms with E-state index in [1.165, 1.54) is 11.1 Å². The van der Waals surface area contributed by atoms with Crippen molar-refractivity contribution in [3.8, 4) is 5.75 Å². The number of benzene rings is 1. The fraction of sp³-hybridized carbons (Fsp3) is 0.500. The molecule has 82 valence electrons. The summed E-state index contributed by atoms with van der Waals surface area (Å²) in [6.45, 7) is 2.09. The minimum atomic E-state index is 0.0455. The van der Waals surface area contributed by atoms with Crippen LogP contribution in [0.2, 0.25) is 0 Å². The Kier molecular flexibility index (Phi) is 3.23. The van der Waals surface area contributed by atoms with Gasteiger partial charge in [0.25, 0.3) is 0 Å². The Morgan fingerprint density at radius 2 is 1.93 bits per heavy atom. The molecule has 0 bridgehead atoms. The third kappa shape index (κ3) is 2.13. The van der Waals surface area contributed by atoms with Crippen molar-refractivity contribution >= 4 is 0 Å². The van der Waals surface area contributed by atoms with E-state index < -0.39 is 0 Å². The topological polar surface area (TPSA) is 41.5 Å². The van der Waals surface area contributed by atoms with Gasteiger partial charge in [0.1, 0.15) is 5.75 Å². The summed E-state index contributed by atoms with van der Waals surface area (Å²) in [5, 5.41) is 12.6. The summed E-state index contributed by atoms with van der Waals surface area (Å²) in [4.78, 5) is 0. The van der Waals surface area contributed by atoms with Crippen molar-refractivity contribution in [3.63, 3.8) is 0 Å². The quantitative estimate of drug-likeness (QED) is 0.756. The van der Waals surface area contributed by atoms with Crippen molar-refractivity contribution in [2.24, 2.45) is 0 Å². The standard InChI is InChI=1S/C12H17NO2/c1-15-12-7-10-3-5-13-4-2-9(10)6-11(12)8-14/h6-7,13-14H,2-5,8H2,1H3. The van der Waals surface area contributed by atoms with Gasteiger partial charge in [-0.1, -0.05) is 0 Å². The molecule has 15 heavy (non-hydrogen) atoms. The molecule has 2 rings (SSSR count). The summed E-state index contributed by atoms with van der Waals surface area (Å²) in [7, 11) is 1.65. The van der Waals surface area contributed by atoms with Crippen LogP contribution in [0.3, 0.4) is 0 Å². The highest BCUT2D eigenvalue weighted by Gasteiger charge is 2.11. The Morgan fingerprint density at radius 1 is 1.27 bits per heavy atom. The first-order valence-electron chi connectivity index (χ1n) is 5.35. The zero-order valence-corrected chi connectivity index (χ0v) is 9.05. The van der Waals surface area contributed by atoms with Crippen LogP contribution in [0.4, 0.5) is 0 Å². The van der Waals surface area contributed by atoms with Crippen molar-refractivity contribution in [1.29, 1.82) is 0 Å². The molecule has 0 fully saturated rings. The van der Waals surface area contributed by atoms with Crippen molar-refractivity contribution in [2.75, 3.05) is 20.2 Å². The number of rotatable bonds is 2. The Hall–Kier alpha value is -1.06. The summed E-state index contributed by atoms with van der Waals surface area (Å²) < 4.78 is 5.26. The molecule has 0 unspecified atom stereocenters. The number of aliphatic hydroxyl groups is 1. The number of aliphatic hydroxyl groups excluding tert-OH is 1. The largest absolute Gasteiger partial charge is 0.496 e. The van der Waals surface area contributed by atoms with Crippen LogP contribution in [0.25, 0.3) is 0 Å². The predicted octanol–water partition coefficient (Wildman–Crippen LogP) is 0.876. The van der Waals surface area contributed by atoms with Crippen LogP contribution in [-0.2, 0) is 19.4 Å². The Labute approximate surface area is 90.1 Å². The number of hydrogen-bond donors (Lipinski definition) is 2. The monoisotopic (exact) mass is 207 g/mol. The molecule has 3 heteroatoms. The van der Waals surface area contributed by atoms with E-state index >= 15 is 0 Å². The van der Waals surface area contributed by atoms with Crippen molar-refractivity contribution in [1.82, 2.24) is 5.32 Å². The van der Waals surface area contributed by atoms with Crippen LogP contribution in [0.5, 0.6) is 5.75 Å². The normalized spacial score (nSPS) is 15.6. The second-order valence-electron chi connectivity index (χ2n) is 3.84. The maximum absolute atomic E-state index is 9.23. The molecule has 0 saturated heterocycles. The Morgan fingerprint density at radius 3 is 2.53 bits per heavy atom. The zero-order chi connectivity index (χ0) is 10.7. The maximum Gasteiger partial charge on any atom is 0.124 e. The molecule has 0 radical (unpaired) electrons. The lowest BCUT2D eigenvalue weighted by molar-refractivity contribution is 0.273. The van der Waals surface area contributed by atoms with Gasteiger partial charge in [-0.25, -0.2) is 0 Å². The molecular weight excluding hydrogens is 190 g/mol. The van der Waals surface area contributed by atoms with Gasteiger partial charge < -0.3 is 15.2 Å². The van der Waals surface area contributed by atoms with Crippen molar-refractivity contribution in [2.45, 2.75) is 19.4 Å². The van der Waals surface area contributed by atoms with E-state index in [2.05, 4.69) is 17.4 Å². The minimum Gasteiger partial charge on any atom is -0.496 e. The molecule has 0 saturated carbocycles. The molecule has 0 aromatic heterocycles. The van der Waals surface area contributed by atoms with Gasteiger partial charge in [0.2, 0.25) is 0 Å². The average Bonchev–Trinajstić information content (AvgIpc) is 2.51. The van der Waals surface area contributed by atoms with Crippen LogP contribution >= 0.6 is 0 Å². The second kappa shape index (κ2) is 4.64. The van der Waals surface area contributed by atoms with E-state index in [4.69, 9.17) is 4.74 Å². The predicted molar refractivity (Wildman–Crippen MR) is 59.2 cm³/mol. The van der Waals surface area contributed by atoms with Crippen LogP contribution < -0.4 is 10.1 Å². The first kappa shape index (κ1) is 10.5. The van der Waals surface area contributed by atoms with Gasteiger partial charge in [-0.15, -0.1) is 0 Å². The van der Waals surface area contributed by atoms with E-state index in [1.54, 1.807) is 7.11 Å². The summed E-state index contributed by atoms with van der Waals surface area (Å²) in [5.74, 6) is 0.804. The summed E-state index contributed by atoms with van der Waals surface area (Å²) in [6.07, 6.45) is 2.07. The number of hydrogen-bond acceptors (Lipinski definition) is 3. The van der Waals surface area contributed by atoms with E-state index in [-0.39, 0.29) is 6.61 Å². The van der Waals surface area contributed by atoms with Crippen molar-refractivity contribution in [3.05, 3.63) is 28.8 Å². The maximum atomic E-state index is 9.23. The SMILES string of the molecule is COc1cc2c(cc1CO)CCNCC2. The molecule has 3 nitrogen and oxygen atoms in total. The third-order valence-corrected chi connectivity index (χ3v) is 2.92. The highest BCUT2D eigenvalue weighted by Crippen LogP contribution is 2.25. The Balaban J connectivity index is 2.41. The van der Waals surface area contributed by atoms with Crippen molar-refractivity contribution < 1.29 is 9.84 Å². The highest BCUT2D eigenvalue weighted by atomic mass is 16.5. The van der Waals surface area contributed by atoms with Crippen LogP contribution in [0.15, 0.2) is 12.1 Å². The van der Waals surface area contributed by atoms with E-state index in [0.717, 1.165) is 37.2 Å². The number of nitrogens with one attached hydrogen (secondary N) is 1. The molecule has 1 aliphatic rings. The van der Waals surface area contributed by atoms with E-state index in [0.29, 0.717) is 0 Å². The molecule has 2 N–H and O–H groups in total. The van der Waals surface area contributed by atoms with Gasteiger partial charge in [0.15, 0.2) is 0 Å². The van der Waals surface area contributed by atoms with E-state index in [1.807, 2.05) is 0 Å². The number of methoxy groups -OCH3 is 1. The Bertz CT molecular complexity index is 317. The number of fused-ring (bicyclic) bond motifs is 1. The molecule has 0 amide bonds. The van der Waals surface area contributed by atoms with Gasteiger partial charge in [0, 0.05) is 5.56 Å². The lowest BCUT2D eigenvalue weighted by atomic mass is 9.99. The van der Waals surface area contributed by atoms with E-state index in [9.17, 15) is 5.11 Å². The van der Waals surface area contributed by atoms with Gasteiger partial charge >= 0.3 is 0 Å². The van der Waals surface area contributed by atoms with Gasteiger partial charge in [-0.3, -0.25) is 0 Å². The highest BCUT2D eigenvalue weighted by molar-refractivity contribution is 5.43. The lowest BCUT2D eigenvalue weighted by Gasteiger charge is -2.12. The average molecular weight is 207 g/mol. The molecule has 0 spiro atoms. The lowest BCUT2D eigenvalue weighted by Crippen LogP contribution is -2.16. The molecule has 1 heterocycles.